The van der Waals surface area contributed by atoms with E-state index in [0.717, 1.165) is 13.0 Å². The minimum absolute atomic E-state index is 0.0801. The molecule has 1 amide bonds. The minimum atomic E-state index is -0.460. The molecule has 1 aromatic rings. The Balaban J connectivity index is 1.51. The predicted molar refractivity (Wildman–Crippen MR) is 93.9 cm³/mol. The van der Waals surface area contributed by atoms with Gasteiger partial charge in [-0.05, 0) is 50.8 Å². The van der Waals surface area contributed by atoms with E-state index in [9.17, 15) is 4.79 Å². The van der Waals surface area contributed by atoms with E-state index in [1.807, 2.05) is 27.7 Å². The first kappa shape index (κ1) is 18.2. The van der Waals surface area contributed by atoms with Crippen LogP contribution in [0, 0.1) is 0 Å². The van der Waals surface area contributed by atoms with Crippen molar-refractivity contribution in [1.29, 1.82) is 0 Å². The van der Waals surface area contributed by atoms with Crippen LogP contribution in [0.2, 0.25) is 0 Å². The number of nitrogens with one attached hydrogen (secondary N) is 1. The average Bonchev–Trinajstić information content (AvgIpc) is 2.51. The van der Waals surface area contributed by atoms with Gasteiger partial charge in [-0.2, -0.15) is 0 Å². The number of ether oxygens (including phenoxy) is 3. The summed E-state index contributed by atoms with van der Waals surface area (Å²) in [5, 5.41) is 3.35. The van der Waals surface area contributed by atoms with E-state index in [2.05, 4.69) is 23.5 Å². The van der Waals surface area contributed by atoms with Gasteiger partial charge in [0.25, 0.3) is 0 Å². The second-order valence-corrected chi connectivity index (χ2v) is 7.66. The third-order valence-electron chi connectivity index (χ3n) is 4.26. The summed E-state index contributed by atoms with van der Waals surface area (Å²) in [5.41, 5.74) is 3.28. The van der Waals surface area contributed by atoms with Crippen LogP contribution in [0.5, 0.6) is 0 Å². The van der Waals surface area contributed by atoms with Gasteiger partial charge in [-0.25, -0.2) is 4.79 Å². The predicted octanol–water partition coefficient (Wildman–Crippen LogP) is 2.79. The van der Waals surface area contributed by atoms with Crippen LogP contribution in [-0.2, 0) is 33.7 Å². The first-order chi connectivity index (χ1) is 11.8. The van der Waals surface area contributed by atoms with Crippen molar-refractivity contribution in [2.24, 2.45) is 0 Å². The number of carbonyl (C=O) groups excluding carboxylic acids is 1. The second kappa shape index (κ2) is 7.32. The van der Waals surface area contributed by atoms with Crippen molar-refractivity contribution in [3.63, 3.8) is 0 Å². The summed E-state index contributed by atoms with van der Waals surface area (Å²) >= 11 is 0. The van der Waals surface area contributed by atoms with E-state index >= 15 is 0 Å². The van der Waals surface area contributed by atoms with Crippen LogP contribution in [0.3, 0.4) is 0 Å². The highest BCUT2D eigenvalue weighted by molar-refractivity contribution is 5.68. The molecule has 6 heteroatoms. The van der Waals surface area contributed by atoms with Crippen molar-refractivity contribution in [3.8, 4) is 0 Å². The molecule has 1 N–H and O–H groups in total. The number of benzene rings is 1. The molecule has 0 spiro atoms. The molecule has 2 aliphatic heterocycles. The van der Waals surface area contributed by atoms with E-state index in [-0.39, 0.29) is 18.7 Å². The standard InChI is InChI=1S/C19H28N2O4/c1-13-23-17(24-13)11-20-10-14-5-6-16-12-21(8-7-15(16)9-14)18(22)25-19(2,3)4/h5-6,9,13,17,20H,7-8,10-12H2,1-4H3. The monoisotopic (exact) mass is 348 g/mol. The lowest BCUT2D eigenvalue weighted by molar-refractivity contribution is -0.372. The highest BCUT2D eigenvalue weighted by Crippen LogP contribution is 2.22. The molecular weight excluding hydrogens is 320 g/mol. The van der Waals surface area contributed by atoms with Crippen LogP contribution in [-0.4, -0.2) is 42.3 Å². The number of nitrogens with zero attached hydrogens (tertiary/aromatic N) is 1. The van der Waals surface area contributed by atoms with Gasteiger partial charge in [-0.15, -0.1) is 0 Å². The number of fused-ring (bicyclic) bond motifs is 1. The van der Waals surface area contributed by atoms with E-state index in [0.29, 0.717) is 19.6 Å². The molecule has 0 radical (unpaired) electrons. The smallest absolute Gasteiger partial charge is 0.410 e. The first-order valence-corrected chi connectivity index (χ1v) is 8.90. The fourth-order valence-electron chi connectivity index (χ4n) is 3.07. The van der Waals surface area contributed by atoms with Crippen LogP contribution in [0.4, 0.5) is 4.79 Å². The topological polar surface area (TPSA) is 60.0 Å². The van der Waals surface area contributed by atoms with Crippen LogP contribution in [0.15, 0.2) is 18.2 Å². The molecule has 2 aliphatic rings. The number of amides is 1. The average molecular weight is 348 g/mol. The molecule has 0 bridgehead atoms. The minimum Gasteiger partial charge on any atom is -0.444 e. The third-order valence-corrected chi connectivity index (χ3v) is 4.26. The number of hydrogen-bond acceptors (Lipinski definition) is 5. The quantitative estimate of drug-likeness (QED) is 0.907. The molecule has 0 aromatic heterocycles. The van der Waals surface area contributed by atoms with Crippen LogP contribution in [0.1, 0.15) is 44.4 Å². The zero-order valence-electron chi connectivity index (χ0n) is 15.5. The van der Waals surface area contributed by atoms with E-state index in [4.69, 9.17) is 14.2 Å². The van der Waals surface area contributed by atoms with Crippen molar-refractivity contribution in [2.45, 2.75) is 65.4 Å². The largest absolute Gasteiger partial charge is 0.444 e. The van der Waals surface area contributed by atoms with Crippen LogP contribution < -0.4 is 5.32 Å². The van der Waals surface area contributed by atoms with Gasteiger partial charge >= 0.3 is 6.09 Å². The SMILES string of the molecule is CC1OC(CNCc2ccc3c(c2)CCN(C(=O)OC(C)(C)C)C3)O1. The summed E-state index contributed by atoms with van der Waals surface area (Å²) < 4.78 is 16.3. The molecule has 0 atom stereocenters. The van der Waals surface area contributed by atoms with Gasteiger partial charge in [-0.1, -0.05) is 18.2 Å². The number of rotatable bonds is 4. The van der Waals surface area contributed by atoms with Crippen molar-refractivity contribution in [1.82, 2.24) is 10.2 Å². The number of hydrogen-bond donors (Lipinski definition) is 1. The van der Waals surface area contributed by atoms with Gasteiger partial charge in [-0.3, -0.25) is 0 Å². The summed E-state index contributed by atoms with van der Waals surface area (Å²) in [4.78, 5) is 14.0. The Hall–Kier alpha value is -1.63. The first-order valence-electron chi connectivity index (χ1n) is 8.90. The summed E-state index contributed by atoms with van der Waals surface area (Å²) in [6.45, 7) is 10.3. The molecule has 2 heterocycles. The Kier molecular flexibility index (Phi) is 5.32. The molecule has 3 rings (SSSR count). The van der Waals surface area contributed by atoms with Gasteiger partial charge in [0.1, 0.15) is 5.60 Å². The Bertz CT molecular complexity index is 620. The Labute approximate surface area is 149 Å². The lowest BCUT2D eigenvalue weighted by atomic mass is 9.97. The lowest BCUT2D eigenvalue weighted by Gasteiger charge is -2.33. The molecule has 0 unspecified atom stereocenters. The van der Waals surface area contributed by atoms with E-state index < -0.39 is 5.60 Å². The van der Waals surface area contributed by atoms with Crippen molar-refractivity contribution in [3.05, 3.63) is 34.9 Å². The maximum Gasteiger partial charge on any atom is 0.410 e. The molecule has 0 aliphatic carbocycles. The fraction of sp³-hybridized carbons (Fsp3) is 0.632. The molecular formula is C19H28N2O4. The highest BCUT2D eigenvalue weighted by Gasteiger charge is 2.27. The molecule has 25 heavy (non-hydrogen) atoms. The van der Waals surface area contributed by atoms with Crippen molar-refractivity contribution < 1.29 is 19.0 Å². The molecule has 1 saturated heterocycles. The summed E-state index contributed by atoms with van der Waals surface area (Å²) in [6.07, 6.45) is 0.409. The van der Waals surface area contributed by atoms with Gasteiger partial charge in [0.15, 0.2) is 12.6 Å². The fourth-order valence-corrected chi connectivity index (χ4v) is 3.07. The molecule has 138 valence electrons. The molecule has 6 nitrogen and oxygen atoms in total. The normalized spacial score (nSPS) is 23.0. The van der Waals surface area contributed by atoms with Gasteiger partial charge < -0.3 is 24.4 Å². The maximum atomic E-state index is 12.2. The van der Waals surface area contributed by atoms with Gasteiger partial charge in [0, 0.05) is 26.2 Å². The molecule has 1 fully saturated rings. The van der Waals surface area contributed by atoms with Crippen molar-refractivity contribution >= 4 is 6.09 Å². The van der Waals surface area contributed by atoms with E-state index in [1.165, 1.54) is 16.7 Å². The summed E-state index contributed by atoms with van der Waals surface area (Å²) in [6, 6.07) is 6.44. The third kappa shape index (κ3) is 4.93. The highest BCUT2D eigenvalue weighted by atomic mass is 16.9. The summed E-state index contributed by atoms with van der Waals surface area (Å²) in [7, 11) is 0. The second-order valence-electron chi connectivity index (χ2n) is 7.66. The Morgan fingerprint density at radius 1 is 1.32 bits per heavy atom. The zero-order valence-corrected chi connectivity index (χ0v) is 15.5. The van der Waals surface area contributed by atoms with Gasteiger partial charge in [0.05, 0.1) is 0 Å². The van der Waals surface area contributed by atoms with Crippen LogP contribution in [0.25, 0.3) is 0 Å². The number of carbonyl (C=O) groups is 1. The maximum absolute atomic E-state index is 12.2. The van der Waals surface area contributed by atoms with Crippen LogP contribution >= 0.6 is 0 Å². The Morgan fingerprint density at radius 2 is 2.08 bits per heavy atom. The summed E-state index contributed by atoms with van der Waals surface area (Å²) in [5.74, 6) is 0. The van der Waals surface area contributed by atoms with Gasteiger partial charge in [0.2, 0.25) is 0 Å². The Morgan fingerprint density at radius 3 is 2.76 bits per heavy atom. The molecule has 0 saturated carbocycles. The molecule has 1 aromatic carbocycles. The lowest BCUT2D eigenvalue weighted by Crippen LogP contribution is -2.45. The zero-order chi connectivity index (χ0) is 18.0. The van der Waals surface area contributed by atoms with E-state index in [1.54, 1.807) is 4.90 Å². The van der Waals surface area contributed by atoms with Crippen molar-refractivity contribution in [2.75, 3.05) is 13.1 Å².